The molecule has 0 fully saturated rings. The van der Waals surface area contributed by atoms with Crippen molar-refractivity contribution in [1.29, 1.82) is 0 Å². The Kier molecular flexibility index (Phi) is 8.80. The van der Waals surface area contributed by atoms with E-state index < -0.39 is 17.8 Å². The summed E-state index contributed by atoms with van der Waals surface area (Å²) in [6.45, 7) is -0.262. The smallest absolute Gasteiger partial charge is 0.343 e. The average Bonchev–Trinajstić information content (AvgIpc) is 2.88. The fraction of sp³-hybridized carbons (Fsp3) is 0.120. The summed E-state index contributed by atoms with van der Waals surface area (Å²) in [6.07, 6.45) is 1.39. The first-order chi connectivity index (χ1) is 16.9. The fourth-order valence-corrected chi connectivity index (χ4v) is 2.94. The lowest BCUT2D eigenvalue weighted by Gasteiger charge is -2.10. The number of nitrogens with one attached hydrogen (secondary N) is 2. The standard InChI is InChI=1S/C25H22ClN3O6/c1-33-20-10-6-18(7-11-20)25(32)35-21-12-3-16(13-22(21)34-2)14-28-29-23(30)15-27-24(31)17-4-8-19(26)9-5-17/h3-14H,15H2,1-2H3,(H,27,31)(H,29,30)/b28-14-. The summed E-state index contributed by atoms with van der Waals surface area (Å²) < 4.78 is 15.8. The summed E-state index contributed by atoms with van der Waals surface area (Å²) in [5.41, 5.74) is 3.63. The van der Waals surface area contributed by atoms with Gasteiger partial charge in [-0.05, 0) is 72.3 Å². The van der Waals surface area contributed by atoms with Gasteiger partial charge in [-0.15, -0.1) is 0 Å². The molecule has 0 aromatic heterocycles. The Balaban J connectivity index is 1.53. The molecule has 2 amide bonds. The number of methoxy groups -OCH3 is 2. The molecule has 9 nitrogen and oxygen atoms in total. The van der Waals surface area contributed by atoms with Crippen molar-refractivity contribution < 1.29 is 28.6 Å². The van der Waals surface area contributed by atoms with Crippen LogP contribution in [0.5, 0.6) is 17.2 Å². The van der Waals surface area contributed by atoms with Crippen molar-refractivity contribution in [3.05, 3.63) is 88.4 Å². The zero-order chi connectivity index (χ0) is 25.2. The van der Waals surface area contributed by atoms with Crippen molar-refractivity contribution in [2.45, 2.75) is 0 Å². The summed E-state index contributed by atoms with van der Waals surface area (Å²) >= 11 is 5.79. The first-order valence-electron chi connectivity index (χ1n) is 10.3. The molecule has 3 rings (SSSR count). The molecule has 0 saturated heterocycles. The molecule has 3 aromatic rings. The van der Waals surface area contributed by atoms with Crippen LogP contribution in [0.2, 0.25) is 5.02 Å². The number of hydrogen-bond donors (Lipinski definition) is 2. The topological polar surface area (TPSA) is 115 Å². The third-order valence-corrected chi connectivity index (χ3v) is 4.89. The first-order valence-corrected chi connectivity index (χ1v) is 10.7. The van der Waals surface area contributed by atoms with Gasteiger partial charge >= 0.3 is 5.97 Å². The highest BCUT2D eigenvalue weighted by molar-refractivity contribution is 6.30. The van der Waals surface area contributed by atoms with Crippen LogP contribution in [0.15, 0.2) is 71.8 Å². The molecule has 3 aromatic carbocycles. The monoisotopic (exact) mass is 495 g/mol. The van der Waals surface area contributed by atoms with Crippen molar-refractivity contribution in [2.24, 2.45) is 5.10 Å². The molecule has 0 saturated carbocycles. The van der Waals surface area contributed by atoms with Crippen molar-refractivity contribution >= 4 is 35.6 Å². The zero-order valence-electron chi connectivity index (χ0n) is 18.9. The molecule has 0 unspecified atom stereocenters. The Bertz CT molecular complexity index is 1230. The predicted octanol–water partition coefficient (Wildman–Crippen LogP) is 3.46. The molecular weight excluding hydrogens is 474 g/mol. The number of halogens is 1. The Hall–Kier alpha value is -4.37. The molecule has 0 bridgehead atoms. The second-order valence-corrected chi connectivity index (χ2v) is 7.45. The maximum absolute atomic E-state index is 12.4. The van der Waals surface area contributed by atoms with Gasteiger partial charge in [0.25, 0.3) is 11.8 Å². The molecule has 0 heterocycles. The van der Waals surface area contributed by atoms with Crippen molar-refractivity contribution in [1.82, 2.24) is 10.7 Å². The highest BCUT2D eigenvalue weighted by Crippen LogP contribution is 2.28. The van der Waals surface area contributed by atoms with Crippen molar-refractivity contribution in [3.63, 3.8) is 0 Å². The van der Waals surface area contributed by atoms with E-state index in [9.17, 15) is 14.4 Å². The number of esters is 1. The molecule has 0 radical (unpaired) electrons. The Labute approximate surface area is 206 Å². The van der Waals surface area contributed by atoms with Crippen LogP contribution in [-0.2, 0) is 4.79 Å². The van der Waals surface area contributed by atoms with E-state index in [1.54, 1.807) is 66.7 Å². The van der Waals surface area contributed by atoms with Gasteiger partial charge in [0.1, 0.15) is 5.75 Å². The molecule has 0 aliphatic carbocycles. The third kappa shape index (κ3) is 7.31. The molecule has 10 heteroatoms. The van der Waals surface area contributed by atoms with Gasteiger partial charge in [-0.1, -0.05) is 11.6 Å². The van der Waals surface area contributed by atoms with Crippen LogP contribution in [0.4, 0.5) is 0 Å². The van der Waals surface area contributed by atoms with E-state index in [1.807, 2.05) is 0 Å². The van der Waals surface area contributed by atoms with Crippen molar-refractivity contribution in [3.8, 4) is 17.2 Å². The van der Waals surface area contributed by atoms with E-state index in [2.05, 4.69) is 15.8 Å². The molecule has 2 N–H and O–H groups in total. The van der Waals surface area contributed by atoms with Gasteiger partial charge in [-0.2, -0.15) is 5.10 Å². The number of carbonyl (C=O) groups is 3. The van der Waals surface area contributed by atoms with E-state index in [4.69, 9.17) is 25.8 Å². The van der Waals surface area contributed by atoms with Crippen LogP contribution in [0, 0.1) is 0 Å². The minimum absolute atomic E-state index is 0.222. The highest BCUT2D eigenvalue weighted by atomic mass is 35.5. The van der Waals surface area contributed by atoms with E-state index in [0.717, 1.165) is 0 Å². The van der Waals surface area contributed by atoms with E-state index >= 15 is 0 Å². The van der Waals surface area contributed by atoms with E-state index in [0.29, 0.717) is 33.2 Å². The van der Waals surface area contributed by atoms with Gasteiger partial charge in [0.15, 0.2) is 11.5 Å². The molecule has 180 valence electrons. The molecule has 0 aliphatic rings. The summed E-state index contributed by atoms with van der Waals surface area (Å²) in [7, 11) is 2.97. The molecular formula is C25H22ClN3O6. The van der Waals surface area contributed by atoms with Crippen LogP contribution in [0.3, 0.4) is 0 Å². The predicted molar refractivity (Wildman–Crippen MR) is 130 cm³/mol. The van der Waals surface area contributed by atoms with Crippen LogP contribution < -0.4 is 25.0 Å². The van der Waals surface area contributed by atoms with Crippen LogP contribution in [0.25, 0.3) is 0 Å². The number of hydrazone groups is 1. The van der Waals surface area contributed by atoms with Gasteiger partial charge in [0.2, 0.25) is 0 Å². The molecule has 0 aliphatic heterocycles. The lowest BCUT2D eigenvalue weighted by Crippen LogP contribution is -2.34. The fourth-order valence-electron chi connectivity index (χ4n) is 2.82. The number of benzene rings is 3. The summed E-state index contributed by atoms with van der Waals surface area (Å²) in [6, 6.07) is 17.6. The number of carbonyl (C=O) groups excluding carboxylic acids is 3. The number of ether oxygens (including phenoxy) is 3. The van der Waals surface area contributed by atoms with Gasteiger partial charge < -0.3 is 19.5 Å². The van der Waals surface area contributed by atoms with Crippen LogP contribution in [0.1, 0.15) is 26.3 Å². The highest BCUT2D eigenvalue weighted by Gasteiger charge is 2.13. The van der Waals surface area contributed by atoms with Crippen LogP contribution >= 0.6 is 11.6 Å². The summed E-state index contributed by atoms with van der Waals surface area (Å²) in [4.78, 5) is 36.4. The maximum atomic E-state index is 12.4. The summed E-state index contributed by atoms with van der Waals surface area (Å²) in [5.74, 6) is -0.332. The zero-order valence-corrected chi connectivity index (χ0v) is 19.7. The van der Waals surface area contributed by atoms with E-state index in [-0.39, 0.29) is 12.3 Å². The quantitative estimate of drug-likeness (QED) is 0.203. The van der Waals surface area contributed by atoms with E-state index in [1.165, 1.54) is 20.4 Å². The molecule has 0 spiro atoms. The Morgan fingerprint density at radius 1 is 0.886 bits per heavy atom. The normalized spacial score (nSPS) is 10.5. The van der Waals surface area contributed by atoms with Crippen LogP contribution in [-0.4, -0.2) is 44.8 Å². The number of amides is 2. The molecule has 0 atom stereocenters. The van der Waals surface area contributed by atoms with Gasteiger partial charge in [0.05, 0.1) is 32.5 Å². The largest absolute Gasteiger partial charge is 0.497 e. The second-order valence-electron chi connectivity index (χ2n) is 7.01. The number of nitrogens with zero attached hydrogens (tertiary/aromatic N) is 1. The second kappa shape index (κ2) is 12.2. The maximum Gasteiger partial charge on any atom is 0.343 e. The number of rotatable bonds is 9. The van der Waals surface area contributed by atoms with Crippen molar-refractivity contribution in [2.75, 3.05) is 20.8 Å². The minimum Gasteiger partial charge on any atom is -0.497 e. The number of hydrogen-bond acceptors (Lipinski definition) is 7. The lowest BCUT2D eigenvalue weighted by atomic mass is 10.2. The van der Waals surface area contributed by atoms with Gasteiger partial charge in [0, 0.05) is 10.6 Å². The average molecular weight is 496 g/mol. The molecule has 35 heavy (non-hydrogen) atoms. The Morgan fingerprint density at radius 2 is 1.57 bits per heavy atom. The summed E-state index contributed by atoms with van der Waals surface area (Å²) in [5, 5.41) is 6.86. The van der Waals surface area contributed by atoms with Gasteiger partial charge in [-0.3, -0.25) is 9.59 Å². The lowest BCUT2D eigenvalue weighted by molar-refractivity contribution is -0.120. The SMILES string of the molecule is COc1ccc(C(=O)Oc2ccc(/C=N\NC(=O)CNC(=O)c3ccc(Cl)cc3)cc2OC)cc1. The first kappa shape index (κ1) is 25.3. The minimum atomic E-state index is -0.555. The third-order valence-electron chi connectivity index (χ3n) is 4.63. The Morgan fingerprint density at radius 3 is 2.23 bits per heavy atom. The van der Waals surface area contributed by atoms with Gasteiger partial charge in [-0.25, -0.2) is 10.2 Å².